The summed E-state index contributed by atoms with van der Waals surface area (Å²) >= 11 is 3.07. The molecule has 0 aliphatic rings. The summed E-state index contributed by atoms with van der Waals surface area (Å²) in [4.78, 5) is 0.246. The molecule has 6 heteroatoms. The minimum atomic E-state index is -4.33. The van der Waals surface area contributed by atoms with Gasteiger partial charge in [-0.1, -0.05) is 31.2 Å². The molecule has 0 unspecified atom stereocenters. The summed E-state index contributed by atoms with van der Waals surface area (Å²) in [6, 6.07) is 12.4. The Balaban J connectivity index is 1.80. The van der Waals surface area contributed by atoms with Gasteiger partial charge in [0.05, 0.1) is 12.2 Å². The van der Waals surface area contributed by atoms with Crippen LogP contribution in [0.15, 0.2) is 47.4 Å². The van der Waals surface area contributed by atoms with E-state index in [0.717, 1.165) is 30.4 Å². The van der Waals surface area contributed by atoms with E-state index < -0.39 is 11.7 Å². The molecular formula is C21H25F3OS2. The lowest BCUT2D eigenvalue weighted by atomic mass is 10.1. The van der Waals surface area contributed by atoms with Gasteiger partial charge in [0.1, 0.15) is 5.75 Å². The molecule has 0 heterocycles. The second-order valence-electron chi connectivity index (χ2n) is 6.19. The molecule has 148 valence electrons. The fourth-order valence-corrected chi connectivity index (χ4v) is 4.44. The fraction of sp³-hybridized carbons (Fsp3) is 0.429. The zero-order valence-corrected chi connectivity index (χ0v) is 17.3. The quantitative estimate of drug-likeness (QED) is 0.300. The molecule has 0 aliphatic heterocycles. The van der Waals surface area contributed by atoms with Gasteiger partial charge in [-0.15, -0.1) is 11.8 Å². The minimum absolute atomic E-state index is 0.246. The molecule has 0 aromatic heterocycles. The number of thioether (sulfide) groups is 2. The highest BCUT2D eigenvalue weighted by Gasteiger charge is 2.33. The van der Waals surface area contributed by atoms with Crippen LogP contribution in [0.3, 0.4) is 0 Å². The minimum Gasteiger partial charge on any atom is -0.494 e. The summed E-state index contributed by atoms with van der Waals surface area (Å²) in [6.07, 6.45) is -2.65. The van der Waals surface area contributed by atoms with Crippen molar-refractivity contribution in [2.24, 2.45) is 0 Å². The Labute approximate surface area is 168 Å². The van der Waals surface area contributed by atoms with Crippen LogP contribution in [0.5, 0.6) is 5.75 Å². The summed E-state index contributed by atoms with van der Waals surface area (Å²) in [7, 11) is 0. The molecule has 0 saturated carbocycles. The molecule has 2 aromatic carbocycles. The Morgan fingerprint density at radius 3 is 2.52 bits per heavy atom. The van der Waals surface area contributed by atoms with Crippen molar-refractivity contribution in [1.29, 1.82) is 0 Å². The van der Waals surface area contributed by atoms with Gasteiger partial charge >= 0.3 is 6.18 Å². The first-order valence-electron chi connectivity index (χ1n) is 9.01. The summed E-state index contributed by atoms with van der Waals surface area (Å²) < 4.78 is 45.0. The van der Waals surface area contributed by atoms with Crippen LogP contribution in [0.25, 0.3) is 0 Å². The third-order valence-corrected chi connectivity index (χ3v) is 6.29. The van der Waals surface area contributed by atoms with E-state index in [1.54, 1.807) is 0 Å². The first-order valence-corrected chi connectivity index (χ1v) is 11.1. The lowest BCUT2D eigenvalue weighted by molar-refractivity contribution is -0.139. The Bertz CT molecular complexity index is 717. The molecule has 2 aromatic rings. The van der Waals surface area contributed by atoms with Gasteiger partial charge in [-0.3, -0.25) is 0 Å². The number of rotatable bonds is 10. The van der Waals surface area contributed by atoms with E-state index in [4.69, 9.17) is 4.74 Å². The van der Waals surface area contributed by atoms with Crippen LogP contribution in [-0.2, 0) is 11.9 Å². The molecule has 0 bridgehead atoms. The van der Waals surface area contributed by atoms with Crippen molar-refractivity contribution in [2.45, 2.75) is 43.5 Å². The SMILES string of the molecule is CCCSc1cc(OCCCSCc2ccccc2C)ccc1C(F)(F)F. The van der Waals surface area contributed by atoms with E-state index in [2.05, 4.69) is 19.1 Å². The van der Waals surface area contributed by atoms with Crippen molar-refractivity contribution in [3.05, 3.63) is 59.2 Å². The Hall–Kier alpha value is -1.27. The Morgan fingerprint density at radius 2 is 1.81 bits per heavy atom. The first-order chi connectivity index (χ1) is 12.9. The van der Waals surface area contributed by atoms with Crippen LogP contribution in [0.1, 0.15) is 36.5 Å². The molecule has 1 nitrogen and oxygen atoms in total. The van der Waals surface area contributed by atoms with Gasteiger partial charge in [0.25, 0.3) is 0 Å². The van der Waals surface area contributed by atoms with E-state index in [-0.39, 0.29) is 4.90 Å². The van der Waals surface area contributed by atoms with Crippen LogP contribution < -0.4 is 4.74 Å². The third-order valence-electron chi connectivity index (χ3n) is 3.94. The first kappa shape index (κ1) is 22.0. The molecule has 2 rings (SSSR count). The average Bonchev–Trinajstić information content (AvgIpc) is 2.63. The summed E-state index contributed by atoms with van der Waals surface area (Å²) in [5.41, 5.74) is 2.05. The Morgan fingerprint density at radius 1 is 1.04 bits per heavy atom. The topological polar surface area (TPSA) is 9.23 Å². The van der Waals surface area contributed by atoms with E-state index in [9.17, 15) is 13.2 Å². The molecule has 0 aliphatic carbocycles. The van der Waals surface area contributed by atoms with Crippen molar-refractivity contribution >= 4 is 23.5 Å². The molecule has 0 N–H and O–H groups in total. The number of ether oxygens (including phenoxy) is 1. The lowest BCUT2D eigenvalue weighted by Crippen LogP contribution is -2.07. The van der Waals surface area contributed by atoms with E-state index in [1.807, 2.05) is 30.8 Å². The number of aryl methyl sites for hydroxylation is 1. The standard InChI is InChI=1S/C21H25F3OS2/c1-3-12-27-20-14-18(9-10-19(20)21(22,23)24)25-11-6-13-26-15-17-8-5-4-7-16(17)2/h4-5,7-10,14H,3,6,11-13,15H2,1-2H3. The molecular weight excluding hydrogens is 389 g/mol. The van der Waals surface area contributed by atoms with Crippen molar-refractivity contribution in [3.8, 4) is 5.75 Å². The largest absolute Gasteiger partial charge is 0.494 e. The highest BCUT2D eigenvalue weighted by molar-refractivity contribution is 7.99. The highest BCUT2D eigenvalue weighted by atomic mass is 32.2. The van der Waals surface area contributed by atoms with Crippen molar-refractivity contribution in [1.82, 2.24) is 0 Å². The van der Waals surface area contributed by atoms with Crippen LogP contribution in [0.2, 0.25) is 0 Å². The van der Waals surface area contributed by atoms with Gasteiger partial charge in [-0.05, 0) is 60.6 Å². The lowest BCUT2D eigenvalue weighted by Gasteiger charge is -2.14. The maximum absolute atomic E-state index is 13.1. The zero-order valence-electron chi connectivity index (χ0n) is 15.6. The van der Waals surface area contributed by atoms with Crippen LogP contribution >= 0.6 is 23.5 Å². The van der Waals surface area contributed by atoms with Crippen molar-refractivity contribution in [3.63, 3.8) is 0 Å². The molecule has 0 atom stereocenters. The Kier molecular flexibility index (Phi) is 8.90. The molecule has 0 saturated heterocycles. The van der Waals surface area contributed by atoms with E-state index in [1.165, 1.54) is 35.0 Å². The smallest absolute Gasteiger partial charge is 0.417 e. The molecule has 0 fully saturated rings. The zero-order chi connectivity index (χ0) is 19.7. The number of benzene rings is 2. The predicted octanol–water partition coefficient (Wildman–Crippen LogP) is 7.22. The molecule has 27 heavy (non-hydrogen) atoms. The highest BCUT2D eigenvalue weighted by Crippen LogP contribution is 2.38. The van der Waals surface area contributed by atoms with Gasteiger partial charge in [-0.25, -0.2) is 0 Å². The monoisotopic (exact) mass is 414 g/mol. The number of alkyl halides is 3. The molecule has 0 spiro atoms. The van der Waals surface area contributed by atoms with Gasteiger partial charge in [0, 0.05) is 10.6 Å². The second-order valence-corrected chi connectivity index (χ2v) is 8.43. The normalized spacial score (nSPS) is 11.6. The summed E-state index contributed by atoms with van der Waals surface area (Å²) in [5, 5.41) is 0. The van der Waals surface area contributed by atoms with Crippen LogP contribution in [0.4, 0.5) is 13.2 Å². The van der Waals surface area contributed by atoms with Crippen LogP contribution in [-0.4, -0.2) is 18.1 Å². The van der Waals surface area contributed by atoms with Crippen molar-refractivity contribution < 1.29 is 17.9 Å². The second kappa shape index (κ2) is 10.9. The summed E-state index contributed by atoms with van der Waals surface area (Å²) in [6.45, 7) is 4.57. The number of hydrogen-bond acceptors (Lipinski definition) is 3. The van der Waals surface area contributed by atoms with Gasteiger partial charge in [-0.2, -0.15) is 24.9 Å². The predicted molar refractivity (Wildman–Crippen MR) is 110 cm³/mol. The van der Waals surface area contributed by atoms with Gasteiger partial charge in [0.15, 0.2) is 0 Å². The maximum atomic E-state index is 13.1. The average molecular weight is 415 g/mol. The third kappa shape index (κ3) is 7.34. The van der Waals surface area contributed by atoms with Gasteiger partial charge < -0.3 is 4.74 Å². The fourth-order valence-electron chi connectivity index (χ4n) is 2.46. The summed E-state index contributed by atoms with van der Waals surface area (Å²) in [5.74, 6) is 3.07. The molecule has 0 radical (unpaired) electrons. The van der Waals surface area contributed by atoms with E-state index in [0.29, 0.717) is 18.1 Å². The number of halogens is 3. The van der Waals surface area contributed by atoms with E-state index >= 15 is 0 Å². The van der Waals surface area contributed by atoms with Crippen LogP contribution in [0, 0.1) is 6.92 Å². The maximum Gasteiger partial charge on any atom is 0.417 e. The molecule has 0 amide bonds. The van der Waals surface area contributed by atoms with Gasteiger partial charge in [0.2, 0.25) is 0 Å². The van der Waals surface area contributed by atoms with Crippen molar-refractivity contribution in [2.75, 3.05) is 18.1 Å². The number of hydrogen-bond donors (Lipinski definition) is 0.